The number of amides is 1. The fourth-order valence-electron chi connectivity index (χ4n) is 4.80. The van der Waals surface area contributed by atoms with Gasteiger partial charge in [-0.2, -0.15) is 0 Å². The third-order valence-corrected chi connectivity index (χ3v) is 6.52. The Morgan fingerprint density at radius 3 is 2.69 bits per heavy atom. The van der Waals surface area contributed by atoms with Crippen LogP contribution in [0.25, 0.3) is 10.9 Å². The van der Waals surface area contributed by atoms with Crippen molar-refractivity contribution in [3.8, 4) is 0 Å². The summed E-state index contributed by atoms with van der Waals surface area (Å²) in [4.78, 5) is 34.3. The van der Waals surface area contributed by atoms with E-state index in [4.69, 9.17) is 0 Å². The summed E-state index contributed by atoms with van der Waals surface area (Å²) >= 11 is 0. The number of aromatic nitrogens is 1. The zero-order valence-electron chi connectivity index (χ0n) is 17.0. The van der Waals surface area contributed by atoms with Gasteiger partial charge in [-0.25, -0.2) is 0 Å². The van der Waals surface area contributed by atoms with Crippen molar-refractivity contribution in [2.75, 3.05) is 46.3 Å². The van der Waals surface area contributed by atoms with Crippen molar-refractivity contribution in [2.24, 2.45) is 5.92 Å². The summed E-state index contributed by atoms with van der Waals surface area (Å²) in [5, 5.41) is 10.2. The second-order valence-corrected chi connectivity index (χ2v) is 8.42. The zero-order chi connectivity index (χ0) is 20.4. The number of nitrogens with zero attached hydrogens (tertiary/aromatic N) is 3. The van der Waals surface area contributed by atoms with Crippen LogP contribution < -0.4 is 0 Å². The van der Waals surface area contributed by atoms with E-state index in [9.17, 15) is 14.7 Å². The first-order chi connectivity index (χ1) is 14.0. The Balaban J connectivity index is 1.47. The van der Waals surface area contributed by atoms with Crippen LogP contribution in [0.2, 0.25) is 0 Å². The first-order valence-corrected chi connectivity index (χ1v) is 10.5. The minimum atomic E-state index is -0.761. The maximum Gasteiger partial charge on any atom is 0.303 e. The van der Waals surface area contributed by atoms with Crippen molar-refractivity contribution in [3.05, 3.63) is 36.0 Å². The number of aliphatic carboxylic acids is 1. The SMILES string of the molecule is CN1CCN([C@H]2CCN(C(=O)c3ccc4[nH]ccc4c3)C[C@H]2CCC(=O)O)CC1. The van der Waals surface area contributed by atoms with Gasteiger partial charge in [0, 0.05) is 74.4 Å². The van der Waals surface area contributed by atoms with E-state index in [1.165, 1.54) is 0 Å². The molecule has 0 aliphatic carbocycles. The van der Waals surface area contributed by atoms with Gasteiger partial charge >= 0.3 is 5.97 Å². The standard InChI is InChI=1S/C22H30N4O3/c1-24-10-12-25(13-11-24)20-7-9-26(15-18(20)3-5-21(27)28)22(29)17-2-4-19-16(14-17)6-8-23-19/h2,4,6,8,14,18,20,23H,3,5,7,9-13,15H2,1H3,(H,27,28)/t18-,20+/m1/s1. The monoisotopic (exact) mass is 398 g/mol. The van der Waals surface area contributed by atoms with E-state index in [2.05, 4.69) is 21.8 Å². The molecule has 1 aromatic carbocycles. The molecule has 7 nitrogen and oxygen atoms in total. The lowest BCUT2D eigenvalue weighted by atomic mass is 9.86. The molecular weight excluding hydrogens is 368 g/mol. The molecule has 2 aliphatic heterocycles. The number of piperidine rings is 1. The molecule has 0 radical (unpaired) electrons. The average Bonchev–Trinajstić information content (AvgIpc) is 3.20. The predicted molar refractivity (Wildman–Crippen MR) is 112 cm³/mol. The van der Waals surface area contributed by atoms with E-state index in [0.717, 1.165) is 50.0 Å². The molecule has 29 heavy (non-hydrogen) atoms. The molecule has 156 valence electrons. The number of carbonyl (C=O) groups is 2. The molecule has 7 heteroatoms. The molecule has 1 amide bonds. The minimum absolute atomic E-state index is 0.0465. The fourth-order valence-corrected chi connectivity index (χ4v) is 4.80. The van der Waals surface area contributed by atoms with Crippen LogP contribution in [0, 0.1) is 5.92 Å². The minimum Gasteiger partial charge on any atom is -0.481 e. The van der Waals surface area contributed by atoms with Crippen LogP contribution in [-0.4, -0.2) is 89.0 Å². The highest BCUT2D eigenvalue weighted by atomic mass is 16.4. The Morgan fingerprint density at radius 2 is 1.93 bits per heavy atom. The van der Waals surface area contributed by atoms with E-state index in [1.54, 1.807) is 0 Å². The first-order valence-electron chi connectivity index (χ1n) is 10.5. The van der Waals surface area contributed by atoms with Gasteiger partial charge in [-0.1, -0.05) is 0 Å². The predicted octanol–water partition coefficient (Wildman–Crippen LogP) is 2.11. The number of likely N-dealkylation sites (tertiary alicyclic amines) is 1. The van der Waals surface area contributed by atoms with Gasteiger partial charge in [0.25, 0.3) is 5.91 Å². The molecule has 0 spiro atoms. The van der Waals surface area contributed by atoms with Crippen LogP contribution >= 0.6 is 0 Å². The number of aromatic amines is 1. The lowest BCUT2D eigenvalue weighted by molar-refractivity contribution is -0.137. The van der Waals surface area contributed by atoms with Gasteiger partial charge in [0.05, 0.1) is 0 Å². The van der Waals surface area contributed by atoms with Gasteiger partial charge in [-0.3, -0.25) is 14.5 Å². The number of piperazine rings is 1. The second-order valence-electron chi connectivity index (χ2n) is 8.42. The Hall–Kier alpha value is -2.38. The number of carboxylic acids is 1. The molecule has 2 aliphatic rings. The molecule has 2 atom stereocenters. The quantitative estimate of drug-likeness (QED) is 0.806. The molecule has 2 N–H and O–H groups in total. The number of H-pyrrole nitrogens is 1. The Labute approximate surface area is 171 Å². The number of hydrogen-bond donors (Lipinski definition) is 2. The number of benzene rings is 1. The number of nitrogens with one attached hydrogen (secondary N) is 1. The van der Waals surface area contributed by atoms with Crippen molar-refractivity contribution < 1.29 is 14.7 Å². The van der Waals surface area contributed by atoms with Crippen LogP contribution in [0.15, 0.2) is 30.5 Å². The highest BCUT2D eigenvalue weighted by Gasteiger charge is 2.36. The Bertz CT molecular complexity index is 872. The summed E-state index contributed by atoms with van der Waals surface area (Å²) in [6.07, 6.45) is 3.56. The summed E-state index contributed by atoms with van der Waals surface area (Å²) in [6.45, 7) is 5.48. The van der Waals surface area contributed by atoms with Gasteiger partial charge in [0.2, 0.25) is 0 Å². The first kappa shape index (κ1) is 19.9. The Kier molecular flexibility index (Phi) is 5.87. The third-order valence-electron chi connectivity index (χ3n) is 6.52. The van der Waals surface area contributed by atoms with E-state index in [-0.39, 0.29) is 18.2 Å². The third kappa shape index (κ3) is 4.46. The molecule has 0 bridgehead atoms. The number of carboxylic acid groups (broad SMARTS) is 1. The smallest absolute Gasteiger partial charge is 0.303 e. The number of fused-ring (bicyclic) bond motifs is 1. The highest BCUT2D eigenvalue weighted by Crippen LogP contribution is 2.28. The molecule has 4 rings (SSSR count). The molecule has 1 aromatic heterocycles. The average molecular weight is 399 g/mol. The van der Waals surface area contributed by atoms with Crippen LogP contribution in [0.4, 0.5) is 0 Å². The molecule has 2 saturated heterocycles. The number of hydrogen-bond acceptors (Lipinski definition) is 4. The van der Waals surface area contributed by atoms with Gasteiger partial charge in [-0.15, -0.1) is 0 Å². The summed E-state index contributed by atoms with van der Waals surface area (Å²) in [7, 11) is 2.14. The van der Waals surface area contributed by atoms with Crippen LogP contribution in [0.3, 0.4) is 0 Å². The fraction of sp³-hybridized carbons (Fsp3) is 0.545. The zero-order valence-corrected chi connectivity index (χ0v) is 17.0. The maximum absolute atomic E-state index is 13.2. The largest absolute Gasteiger partial charge is 0.481 e. The van der Waals surface area contributed by atoms with Crippen LogP contribution in [-0.2, 0) is 4.79 Å². The molecule has 2 fully saturated rings. The number of likely N-dealkylation sites (N-methyl/N-ethyl adjacent to an activating group) is 1. The lowest BCUT2D eigenvalue weighted by Gasteiger charge is -2.46. The summed E-state index contributed by atoms with van der Waals surface area (Å²) in [5.74, 6) is -0.517. The summed E-state index contributed by atoms with van der Waals surface area (Å²) in [6, 6.07) is 8.09. The highest BCUT2D eigenvalue weighted by molar-refractivity contribution is 5.98. The molecular formula is C22H30N4O3. The summed E-state index contributed by atoms with van der Waals surface area (Å²) < 4.78 is 0. The molecule has 0 saturated carbocycles. The van der Waals surface area contributed by atoms with Gasteiger partial charge in [-0.05, 0) is 50.1 Å². The maximum atomic E-state index is 13.2. The van der Waals surface area contributed by atoms with Gasteiger partial charge < -0.3 is 19.9 Å². The van der Waals surface area contributed by atoms with Crippen LogP contribution in [0.5, 0.6) is 0 Å². The van der Waals surface area contributed by atoms with E-state index >= 15 is 0 Å². The van der Waals surface area contributed by atoms with Crippen molar-refractivity contribution in [1.29, 1.82) is 0 Å². The van der Waals surface area contributed by atoms with E-state index < -0.39 is 5.97 Å². The van der Waals surface area contributed by atoms with Crippen molar-refractivity contribution in [2.45, 2.75) is 25.3 Å². The van der Waals surface area contributed by atoms with Crippen molar-refractivity contribution in [1.82, 2.24) is 19.7 Å². The van der Waals surface area contributed by atoms with Gasteiger partial charge in [0.1, 0.15) is 0 Å². The molecule has 0 unspecified atom stereocenters. The normalized spacial score (nSPS) is 24.1. The molecule has 2 aromatic rings. The number of carbonyl (C=O) groups excluding carboxylic acids is 1. The number of rotatable bonds is 5. The second kappa shape index (κ2) is 8.55. The summed E-state index contributed by atoms with van der Waals surface area (Å²) in [5.41, 5.74) is 1.72. The van der Waals surface area contributed by atoms with E-state index in [0.29, 0.717) is 24.6 Å². The van der Waals surface area contributed by atoms with Crippen LogP contribution in [0.1, 0.15) is 29.6 Å². The van der Waals surface area contributed by atoms with Gasteiger partial charge in [0.15, 0.2) is 0 Å². The lowest BCUT2D eigenvalue weighted by Crippen LogP contribution is -2.57. The topological polar surface area (TPSA) is 79.9 Å². The molecule has 3 heterocycles. The van der Waals surface area contributed by atoms with E-state index in [1.807, 2.05) is 35.4 Å². The Morgan fingerprint density at radius 1 is 1.14 bits per heavy atom. The van der Waals surface area contributed by atoms with Crippen molar-refractivity contribution in [3.63, 3.8) is 0 Å². The van der Waals surface area contributed by atoms with Crippen molar-refractivity contribution >= 4 is 22.8 Å².